The van der Waals surface area contributed by atoms with Gasteiger partial charge in [0.2, 0.25) is 5.91 Å². The van der Waals surface area contributed by atoms with Gasteiger partial charge in [-0.3, -0.25) is 4.79 Å². The van der Waals surface area contributed by atoms with Crippen molar-refractivity contribution in [2.24, 2.45) is 0 Å². The van der Waals surface area contributed by atoms with Crippen LogP contribution in [0.25, 0.3) is 0 Å². The molecule has 1 unspecified atom stereocenters. The zero-order valence-corrected chi connectivity index (χ0v) is 10.2. The number of nitrogens with one attached hydrogen (secondary N) is 2. The average Bonchev–Trinajstić information content (AvgIpc) is 2.31. The monoisotopic (exact) mass is 258 g/mol. The third-order valence-corrected chi connectivity index (χ3v) is 2.22. The van der Waals surface area contributed by atoms with Gasteiger partial charge in [-0.05, 0) is 26.0 Å². The van der Waals surface area contributed by atoms with E-state index < -0.39 is 12.7 Å². The predicted octanol–water partition coefficient (Wildman–Crippen LogP) is 2.22. The van der Waals surface area contributed by atoms with Crippen molar-refractivity contribution in [3.63, 3.8) is 0 Å². The Morgan fingerprint density at radius 2 is 2.06 bits per heavy atom. The lowest BCUT2D eigenvalue weighted by molar-refractivity contribution is -0.121. The fraction of sp³-hybridized carbons (Fsp3) is 0.417. The third-order valence-electron chi connectivity index (χ3n) is 2.22. The summed E-state index contributed by atoms with van der Waals surface area (Å²) in [6.07, 6.45) is 0. The van der Waals surface area contributed by atoms with E-state index in [0.717, 1.165) is 0 Å². The van der Waals surface area contributed by atoms with Crippen LogP contribution in [0.3, 0.4) is 0 Å². The number of amides is 1. The molecule has 1 rings (SSSR count). The van der Waals surface area contributed by atoms with Gasteiger partial charge in [0.05, 0.1) is 5.69 Å². The molecule has 0 saturated heterocycles. The molecule has 1 aromatic carbocycles. The first-order chi connectivity index (χ1) is 8.54. The van der Waals surface area contributed by atoms with Crippen molar-refractivity contribution in [3.8, 4) is 5.75 Å². The molecule has 100 valence electrons. The molecule has 1 amide bonds. The number of anilines is 1. The molecule has 1 aromatic rings. The number of ether oxygens (including phenoxy) is 1. The highest BCUT2D eigenvalue weighted by Crippen LogP contribution is 2.25. The summed E-state index contributed by atoms with van der Waals surface area (Å²) in [7, 11) is 0. The van der Waals surface area contributed by atoms with Crippen molar-refractivity contribution in [2.75, 3.05) is 11.9 Å². The van der Waals surface area contributed by atoms with Crippen LogP contribution in [0.4, 0.5) is 14.5 Å². The molecule has 0 radical (unpaired) electrons. The average molecular weight is 258 g/mol. The Labute approximate surface area is 104 Å². The molecule has 0 heterocycles. The number of hydrogen-bond donors (Lipinski definition) is 2. The van der Waals surface area contributed by atoms with Crippen LogP contribution < -0.4 is 15.4 Å². The Bertz CT molecular complexity index is 399. The van der Waals surface area contributed by atoms with Gasteiger partial charge in [-0.15, -0.1) is 0 Å². The highest BCUT2D eigenvalue weighted by molar-refractivity contribution is 5.84. The van der Waals surface area contributed by atoms with E-state index in [2.05, 4.69) is 15.4 Å². The molecule has 0 aliphatic rings. The van der Waals surface area contributed by atoms with E-state index in [1.165, 1.54) is 6.07 Å². The minimum atomic E-state index is -2.90. The zero-order chi connectivity index (χ0) is 13.5. The fourth-order valence-electron chi connectivity index (χ4n) is 1.41. The summed E-state index contributed by atoms with van der Waals surface area (Å²) in [5.41, 5.74) is 0.358. The van der Waals surface area contributed by atoms with E-state index in [0.29, 0.717) is 12.2 Å². The van der Waals surface area contributed by atoms with E-state index in [1.54, 1.807) is 32.0 Å². The maximum atomic E-state index is 12.2. The molecule has 0 aliphatic heterocycles. The van der Waals surface area contributed by atoms with Crippen LogP contribution in [-0.2, 0) is 4.79 Å². The Morgan fingerprint density at radius 1 is 1.39 bits per heavy atom. The second-order valence-electron chi connectivity index (χ2n) is 3.64. The van der Waals surface area contributed by atoms with E-state index in [9.17, 15) is 13.6 Å². The van der Waals surface area contributed by atoms with Crippen molar-refractivity contribution in [3.05, 3.63) is 24.3 Å². The number of benzene rings is 1. The second-order valence-corrected chi connectivity index (χ2v) is 3.64. The lowest BCUT2D eigenvalue weighted by Crippen LogP contribution is -2.37. The number of carbonyl (C=O) groups excluding carboxylic acids is 1. The van der Waals surface area contributed by atoms with Crippen molar-refractivity contribution < 1.29 is 18.3 Å². The lowest BCUT2D eigenvalue weighted by atomic mass is 10.2. The normalized spacial score (nSPS) is 12.1. The van der Waals surface area contributed by atoms with E-state index in [-0.39, 0.29) is 11.7 Å². The molecular formula is C12H16F2N2O2. The Balaban J connectivity index is 2.74. The number of likely N-dealkylation sites (N-methyl/N-ethyl adjacent to an activating group) is 1. The van der Waals surface area contributed by atoms with Crippen molar-refractivity contribution in [1.29, 1.82) is 0 Å². The lowest BCUT2D eigenvalue weighted by Gasteiger charge is -2.17. The molecule has 0 aliphatic carbocycles. The van der Waals surface area contributed by atoms with E-state index in [1.807, 2.05) is 0 Å². The maximum absolute atomic E-state index is 12.2. The largest absolute Gasteiger partial charge is 0.433 e. The molecule has 0 saturated carbocycles. The van der Waals surface area contributed by atoms with Crippen LogP contribution in [0.5, 0.6) is 5.75 Å². The van der Waals surface area contributed by atoms with Crippen LogP contribution in [0, 0.1) is 0 Å². The number of rotatable bonds is 6. The quantitative estimate of drug-likeness (QED) is 0.822. The van der Waals surface area contributed by atoms with Gasteiger partial charge < -0.3 is 15.4 Å². The summed E-state index contributed by atoms with van der Waals surface area (Å²) in [4.78, 5) is 11.5. The van der Waals surface area contributed by atoms with Gasteiger partial charge in [0.25, 0.3) is 0 Å². The molecule has 6 heteroatoms. The molecule has 0 spiro atoms. The van der Waals surface area contributed by atoms with Gasteiger partial charge in [0.1, 0.15) is 11.8 Å². The van der Waals surface area contributed by atoms with Crippen molar-refractivity contribution in [2.45, 2.75) is 26.5 Å². The zero-order valence-electron chi connectivity index (χ0n) is 10.2. The minimum Gasteiger partial charge on any atom is -0.433 e. The molecule has 4 nitrogen and oxygen atoms in total. The standard InChI is InChI=1S/C12H16F2N2O2/c1-3-15-11(17)8(2)16-9-6-4-5-7-10(9)18-12(13)14/h4-8,12,16H,3H2,1-2H3,(H,15,17). The van der Waals surface area contributed by atoms with Gasteiger partial charge in [-0.25, -0.2) is 0 Å². The van der Waals surface area contributed by atoms with Crippen LogP contribution >= 0.6 is 0 Å². The van der Waals surface area contributed by atoms with E-state index >= 15 is 0 Å². The van der Waals surface area contributed by atoms with Crippen LogP contribution in [0.2, 0.25) is 0 Å². The Kier molecular flexibility index (Phi) is 5.35. The fourth-order valence-corrected chi connectivity index (χ4v) is 1.41. The van der Waals surface area contributed by atoms with Gasteiger partial charge in [-0.2, -0.15) is 8.78 Å². The summed E-state index contributed by atoms with van der Waals surface area (Å²) < 4.78 is 28.7. The summed E-state index contributed by atoms with van der Waals surface area (Å²) >= 11 is 0. The highest BCUT2D eigenvalue weighted by Gasteiger charge is 2.15. The van der Waals surface area contributed by atoms with Crippen LogP contribution in [0.15, 0.2) is 24.3 Å². The summed E-state index contributed by atoms with van der Waals surface area (Å²) in [5.74, 6) is -0.187. The highest BCUT2D eigenvalue weighted by atomic mass is 19.3. The van der Waals surface area contributed by atoms with Gasteiger partial charge in [-0.1, -0.05) is 12.1 Å². The third kappa shape index (κ3) is 4.20. The summed E-state index contributed by atoms with van der Waals surface area (Å²) in [6.45, 7) is 1.07. The van der Waals surface area contributed by atoms with Crippen molar-refractivity contribution >= 4 is 11.6 Å². The van der Waals surface area contributed by atoms with E-state index in [4.69, 9.17) is 0 Å². The second kappa shape index (κ2) is 6.78. The summed E-state index contributed by atoms with van der Waals surface area (Å²) in [5, 5.41) is 5.47. The summed E-state index contributed by atoms with van der Waals surface area (Å²) in [6, 6.07) is 5.71. The SMILES string of the molecule is CCNC(=O)C(C)Nc1ccccc1OC(F)F. The molecule has 0 aromatic heterocycles. The van der Waals surface area contributed by atoms with Gasteiger partial charge in [0, 0.05) is 6.54 Å². The van der Waals surface area contributed by atoms with Gasteiger partial charge >= 0.3 is 6.61 Å². The number of para-hydroxylation sites is 2. The number of halogens is 2. The van der Waals surface area contributed by atoms with Crippen molar-refractivity contribution in [1.82, 2.24) is 5.32 Å². The Hall–Kier alpha value is -1.85. The number of alkyl halides is 2. The molecular weight excluding hydrogens is 242 g/mol. The molecule has 2 N–H and O–H groups in total. The number of hydrogen-bond acceptors (Lipinski definition) is 3. The van der Waals surface area contributed by atoms with Gasteiger partial charge in [0.15, 0.2) is 0 Å². The topological polar surface area (TPSA) is 50.4 Å². The first-order valence-corrected chi connectivity index (χ1v) is 5.62. The first kappa shape index (κ1) is 14.2. The molecule has 1 atom stereocenters. The first-order valence-electron chi connectivity index (χ1n) is 5.62. The molecule has 18 heavy (non-hydrogen) atoms. The van der Waals surface area contributed by atoms with Crippen LogP contribution in [0.1, 0.15) is 13.8 Å². The minimum absolute atomic E-state index is 0.0173. The molecule has 0 fully saturated rings. The van der Waals surface area contributed by atoms with Crippen LogP contribution in [-0.4, -0.2) is 25.1 Å². The maximum Gasteiger partial charge on any atom is 0.387 e. The Morgan fingerprint density at radius 3 is 2.67 bits per heavy atom. The molecule has 0 bridgehead atoms. The number of carbonyl (C=O) groups is 1. The predicted molar refractivity (Wildman–Crippen MR) is 64.8 cm³/mol. The smallest absolute Gasteiger partial charge is 0.387 e.